The van der Waals surface area contributed by atoms with Gasteiger partial charge in [-0.15, -0.1) is 10.2 Å². The van der Waals surface area contributed by atoms with Crippen molar-refractivity contribution in [1.82, 2.24) is 15.5 Å². The molecule has 0 aliphatic heterocycles. The Morgan fingerprint density at radius 3 is 2.71 bits per heavy atom. The molecule has 0 saturated heterocycles. The normalized spacial score (nSPS) is 11.8. The van der Waals surface area contributed by atoms with E-state index in [1.54, 1.807) is 19.1 Å². The molecule has 2 aromatic carbocycles. The van der Waals surface area contributed by atoms with Crippen LogP contribution in [0.25, 0.3) is 11.5 Å². The Morgan fingerprint density at radius 2 is 2.00 bits per heavy atom. The van der Waals surface area contributed by atoms with Crippen LogP contribution in [-0.2, 0) is 11.3 Å². The fourth-order valence-electron chi connectivity index (χ4n) is 2.37. The minimum Gasteiger partial charge on any atom is -0.411 e. The molecule has 144 valence electrons. The minimum atomic E-state index is -0.490. The number of carbonyl (C=O) groups excluding carboxylic acids is 1. The number of carbonyl (C=O) groups is 1. The zero-order valence-corrected chi connectivity index (χ0v) is 16.1. The van der Waals surface area contributed by atoms with Crippen LogP contribution in [0, 0.1) is 17.0 Å². The van der Waals surface area contributed by atoms with E-state index < -0.39 is 10.2 Å². The molecular formula is C19H18N4O4S. The summed E-state index contributed by atoms with van der Waals surface area (Å²) in [7, 11) is 0. The molecule has 0 radical (unpaired) electrons. The molecule has 0 saturated carbocycles. The molecule has 3 rings (SSSR count). The zero-order chi connectivity index (χ0) is 20.1. The Hall–Kier alpha value is -3.20. The van der Waals surface area contributed by atoms with Gasteiger partial charge in [0.25, 0.3) is 10.9 Å². The van der Waals surface area contributed by atoms with E-state index in [1.165, 1.54) is 12.1 Å². The van der Waals surface area contributed by atoms with Crippen molar-refractivity contribution in [3.05, 3.63) is 69.8 Å². The van der Waals surface area contributed by atoms with Crippen LogP contribution in [0.4, 0.5) is 5.69 Å². The van der Waals surface area contributed by atoms with E-state index >= 15 is 0 Å². The van der Waals surface area contributed by atoms with Crippen molar-refractivity contribution < 1.29 is 14.1 Å². The van der Waals surface area contributed by atoms with Gasteiger partial charge in [-0.2, -0.15) is 0 Å². The average Bonchev–Trinajstić information content (AvgIpc) is 3.16. The lowest BCUT2D eigenvalue weighted by atomic mass is 10.1. The summed E-state index contributed by atoms with van der Waals surface area (Å²) in [5, 5.41) is 21.4. The number of nitrogens with one attached hydrogen (secondary N) is 1. The van der Waals surface area contributed by atoms with Crippen LogP contribution in [0.2, 0.25) is 0 Å². The van der Waals surface area contributed by atoms with E-state index in [9.17, 15) is 14.9 Å². The van der Waals surface area contributed by atoms with Gasteiger partial charge in [-0.3, -0.25) is 14.9 Å². The third-order valence-electron chi connectivity index (χ3n) is 3.94. The number of nitrogens with zero attached hydrogens (tertiary/aromatic N) is 3. The predicted molar refractivity (Wildman–Crippen MR) is 105 cm³/mol. The van der Waals surface area contributed by atoms with Gasteiger partial charge < -0.3 is 9.73 Å². The molecule has 0 fully saturated rings. The number of hydrogen-bond acceptors (Lipinski definition) is 7. The van der Waals surface area contributed by atoms with Crippen molar-refractivity contribution in [2.75, 3.05) is 0 Å². The number of rotatable bonds is 7. The highest BCUT2D eigenvalue weighted by Gasteiger charge is 2.19. The molecule has 1 atom stereocenters. The van der Waals surface area contributed by atoms with E-state index in [0.717, 1.165) is 22.9 Å². The zero-order valence-electron chi connectivity index (χ0n) is 15.3. The summed E-state index contributed by atoms with van der Waals surface area (Å²) in [6.45, 7) is 4.19. The van der Waals surface area contributed by atoms with E-state index in [2.05, 4.69) is 15.5 Å². The Balaban J connectivity index is 1.59. The number of benzene rings is 2. The van der Waals surface area contributed by atoms with Crippen LogP contribution in [0.3, 0.4) is 0 Å². The van der Waals surface area contributed by atoms with E-state index in [1.807, 2.05) is 31.2 Å². The maximum Gasteiger partial charge on any atom is 0.277 e. The lowest BCUT2D eigenvalue weighted by molar-refractivity contribution is -0.384. The SMILES string of the molecule is Cc1ccc(CNC(=O)[C@@H](C)Sc2nnc(-c3cccc([N+](=O)[O-])c3)o2)cc1. The number of non-ortho nitro benzene ring substituents is 1. The van der Waals surface area contributed by atoms with Gasteiger partial charge in [0.2, 0.25) is 11.8 Å². The Morgan fingerprint density at radius 1 is 1.25 bits per heavy atom. The second kappa shape index (κ2) is 8.66. The summed E-state index contributed by atoms with van der Waals surface area (Å²) >= 11 is 1.13. The molecule has 28 heavy (non-hydrogen) atoms. The fraction of sp³-hybridized carbons (Fsp3) is 0.211. The van der Waals surface area contributed by atoms with E-state index in [-0.39, 0.29) is 22.7 Å². The molecule has 9 heteroatoms. The average molecular weight is 398 g/mol. The molecule has 1 aromatic heterocycles. The van der Waals surface area contributed by atoms with Gasteiger partial charge in [-0.05, 0) is 25.5 Å². The van der Waals surface area contributed by atoms with Crippen molar-refractivity contribution in [1.29, 1.82) is 0 Å². The quantitative estimate of drug-likeness (QED) is 0.366. The first-order valence-corrected chi connectivity index (χ1v) is 9.38. The van der Waals surface area contributed by atoms with Gasteiger partial charge in [0.1, 0.15) is 0 Å². The third kappa shape index (κ3) is 4.95. The van der Waals surface area contributed by atoms with Crippen LogP contribution >= 0.6 is 11.8 Å². The Kier molecular flexibility index (Phi) is 6.05. The van der Waals surface area contributed by atoms with Crippen LogP contribution in [-0.4, -0.2) is 26.3 Å². The van der Waals surface area contributed by atoms with Crippen molar-refractivity contribution in [3.8, 4) is 11.5 Å². The highest BCUT2D eigenvalue weighted by molar-refractivity contribution is 8.00. The number of nitro groups is 1. The number of nitro benzene ring substituents is 1. The first-order valence-electron chi connectivity index (χ1n) is 8.50. The Labute approximate surface area is 165 Å². The first kappa shape index (κ1) is 19.6. The maximum absolute atomic E-state index is 12.3. The van der Waals surface area contributed by atoms with E-state index in [0.29, 0.717) is 12.1 Å². The molecule has 0 aliphatic rings. The van der Waals surface area contributed by atoms with Gasteiger partial charge in [-0.1, -0.05) is 47.7 Å². The number of aromatic nitrogens is 2. The summed E-state index contributed by atoms with van der Waals surface area (Å²) in [5.74, 6) is 0.0131. The van der Waals surface area contributed by atoms with Gasteiger partial charge in [0.15, 0.2) is 0 Å². The number of thioether (sulfide) groups is 1. The topological polar surface area (TPSA) is 111 Å². The molecular weight excluding hydrogens is 380 g/mol. The fourth-order valence-corrected chi connectivity index (χ4v) is 3.08. The van der Waals surface area contributed by atoms with Crippen LogP contribution in [0.5, 0.6) is 0 Å². The van der Waals surface area contributed by atoms with Crippen molar-refractivity contribution in [2.24, 2.45) is 0 Å². The van der Waals surface area contributed by atoms with E-state index in [4.69, 9.17) is 4.42 Å². The standard InChI is InChI=1S/C19H18N4O4S/c1-12-6-8-14(9-7-12)11-20-17(24)13(2)28-19-22-21-18(27-19)15-4-3-5-16(10-15)23(25)26/h3-10,13H,11H2,1-2H3,(H,20,24)/t13-/m1/s1. The Bertz CT molecular complexity index is 988. The number of hydrogen-bond donors (Lipinski definition) is 1. The van der Waals surface area contributed by atoms with Crippen molar-refractivity contribution in [2.45, 2.75) is 30.9 Å². The van der Waals surface area contributed by atoms with Crippen molar-refractivity contribution >= 4 is 23.4 Å². The van der Waals surface area contributed by atoms with Gasteiger partial charge in [0.05, 0.1) is 10.2 Å². The van der Waals surface area contributed by atoms with Crippen LogP contribution in [0.1, 0.15) is 18.1 Å². The third-order valence-corrected chi connectivity index (χ3v) is 4.88. The minimum absolute atomic E-state index is 0.0613. The van der Waals surface area contributed by atoms with Crippen LogP contribution in [0.15, 0.2) is 58.2 Å². The monoisotopic (exact) mass is 398 g/mol. The molecule has 1 N–H and O–H groups in total. The maximum atomic E-state index is 12.3. The lowest BCUT2D eigenvalue weighted by Gasteiger charge is -2.10. The first-order chi connectivity index (χ1) is 13.4. The van der Waals surface area contributed by atoms with Gasteiger partial charge in [0, 0.05) is 24.2 Å². The van der Waals surface area contributed by atoms with Gasteiger partial charge in [-0.25, -0.2) is 0 Å². The highest BCUT2D eigenvalue weighted by atomic mass is 32.2. The summed E-state index contributed by atoms with van der Waals surface area (Å²) in [4.78, 5) is 22.7. The largest absolute Gasteiger partial charge is 0.411 e. The predicted octanol–water partition coefficient (Wildman–Crippen LogP) is 3.75. The summed E-state index contributed by atoms with van der Waals surface area (Å²) in [5.41, 5.74) is 2.57. The molecule has 1 amide bonds. The number of aryl methyl sites for hydroxylation is 1. The molecule has 1 heterocycles. The summed E-state index contributed by atoms with van der Waals surface area (Å²) < 4.78 is 5.54. The molecule has 8 nitrogen and oxygen atoms in total. The molecule has 0 spiro atoms. The molecule has 0 aliphatic carbocycles. The summed E-state index contributed by atoms with van der Waals surface area (Å²) in [6, 6.07) is 13.9. The van der Waals surface area contributed by atoms with Gasteiger partial charge >= 0.3 is 0 Å². The lowest BCUT2D eigenvalue weighted by Crippen LogP contribution is -2.30. The van der Waals surface area contributed by atoms with Crippen molar-refractivity contribution in [3.63, 3.8) is 0 Å². The van der Waals surface area contributed by atoms with Crippen LogP contribution < -0.4 is 5.32 Å². The smallest absolute Gasteiger partial charge is 0.277 e. The number of amides is 1. The summed E-state index contributed by atoms with van der Waals surface area (Å²) in [6.07, 6.45) is 0. The molecule has 3 aromatic rings. The molecule has 0 bridgehead atoms. The second-order valence-corrected chi connectivity index (χ2v) is 7.44. The highest BCUT2D eigenvalue weighted by Crippen LogP contribution is 2.27. The molecule has 0 unspecified atom stereocenters. The second-order valence-electron chi connectivity index (χ2n) is 6.14.